The van der Waals surface area contributed by atoms with Crippen LogP contribution in [-0.4, -0.2) is 21.6 Å². The fourth-order valence-corrected chi connectivity index (χ4v) is 4.72. The molecule has 0 unspecified atom stereocenters. The summed E-state index contributed by atoms with van der Waals surface area (Å²) in [4.78, 5) is 8.52. The van der Waals surface area contributed by atoms with Gasteiger partial charge in [0.25, 0.3) is 0 Å². The molecule has 8 heteroatoms. The average molecular weight is 427 g/mol. The summed E-state index contributed by atoms with van der Waals surface area (Å²) in [5.74, 6) is -2.10. The third kappa shape index (κ3) is 2.73. The fourth-order valence-electron chi connectivity index (χ4n) is 4.30. The van der Waals surface area contributed by atoms with E-state index >= 15 is 0 Å². The van der Waals surface area contributed by atoms with Crippen LogP contribution >= 0.6 is 11.6 Å². The highest BCUT2D eigenvalue weighted by atomic mass is 35.5. The minimum absolute atomic E-state index is 0.0210. The Morgan fingerprint density at radius 3 is 2.50 bits per heavy atom. The summed E-state index contributed by atoms with van der Waals surface area (Å²) in [7, 11) is 1.28. The Balaban J connectivity index is 1.76. The number of aromatic nitrogens is 3. The lowest BCUT2D eigenvalue weighted by molar-refractivity contribution is 0.372. The van der Waals surface area contributed by atoms with E-state index in [9.17, 15) is 8.78 Å². The first kappa shape index (κ1) is 18.8. The van der Waals surface area contributed by atoms with Crippen molar-refractivity contribution in [2.45, 2.75) is 18.9 Å². The van der Waals surface area contributed by atoms with E-state index in [0.717, 1.165) is 18.9 Å². The van der Waals surface area contributed by atoms with Gasteiger partial charge in [-0.05, 0) is 41.7 Å². The van der Waals surface area contributed by atoms with Crippen LogP contribution < -0.4 is 10.5 Å². The summed E-state index contributed by atoms with van der Waals surface area (Å²) in [5.41, 5.74) is 10.0. The summed E-state index contributed by atoms with van der Waals surface area (Å²) in [6, 6.07) is 10.7. The van der Waals surface area contributed by atoms with Crippen LogP contribution in [-0.2, 0) is 12.8 Å². The van der Waals surface area contributed by atoms with E-state index in [1.807, 2.05) is 16.7 Å². The molecule has 0 aliphatic heterocycles. The molecule has 5 nitrogen and oxygen atoms in total. The van der Waals surface area contributed by atoms with E-state index < -0.39 is 11.6 Å². The molecule has 0 bridgehead atoms. The molecule has 5 rings (SSSR count). The minimum Gasteiger partial charge on any atom is -0.494 e. The molecule has 2 heterocycles. The predicted molar refractivity (Wildman–Crippen MR) is 112 cm³/mol. The summed E-state index contributed by atoms with van der Waals surface area (Å²) >= 11 is 6.85. The van der Waals surface area contributed by atoms with E-state index in [1.165, 1.54) is 30.6 Å². The highest BCUT2D eigenvalue weighted by molar-refractivity contribution is 6.35. The monoisotopic (exact) mass is 426 g/mol. The highest BCUT2D eigenvalue weighted by Gasteiger charge is 2.30. The first-order valence-corrected chi connectivity index (χ1v) is 9.77. The van der Waals surface area contributed by atoms with Crippen LogP contribution in [0.25, 0.3) is 22.2 Å². The van der Waals surface area contributed by atoms with Gasteiger partial charge in [0, 0.05) is 11.6 Å². The molecule has 4 aromatic rings. The van der Waals surface area contributed by atoms with Gasteiger partial charge >= 0.3 is 0 Å². The molecular weight excluding hydrogens is 410 g/mol. The Hall–Kier alpha value is -3.19. The standard InChI is InChI=1S/C22H17ClF2N4O/c1-30-16-9-13(8-15(24)19(16)25)17-18-21(26)27-10-28-22(18)29(20(17)23)14-6-11-4-2-3-5-12(11)7-14/h2-5,8-10,14H,6-7H2,1H3,(H2,26,27,28). The van der Waals surface area contributed by atoms with Crippen molar-refractivity contribution < 1.29 is 13.5 Å². The van der Waals surface area contributed by atoms with E-state index in [-0.39, 0.29) is 17.6 Å². The Labute approximate surface area is 176 Å². The number of methoxy groups -OCH3 is 1. The molecule has 0 saturated heterocycles. The van der Waals surface area contributed by atoms with Gasteiger partial charge in [-0.2, -0.15) is 4.39 Å². The number of ether oxygens (including phenoxy) is 1. The quantitative estimate of drug-likeness (QED) is 0.502. The van der Waals surface area contributed by atoms with Crippen molar-refractivity contribution >= 4 is 28.5 Å². The van der Waals surface area contributed by atoms with Crippen molar-refractivity contribution in [3.05, 3.63) is 70.6 Å². The molecule has 1 aliphatic rings. The van der Waals surface area contributed by atoms with Crippen molar-refractivity contribution in [1.82, 2.24) is 14.5 Å². The zero-order valence-electron chi connectivity index (χ0n) is 16.0. The highest BCUT2D eigenvalue weighted by Crippen LogP contribution is 2.45. The smallest absolute Gasteiger partial charge is 0.200 e. The predicted octanol–water partition coefficient (Wildman–Crippen LogP) is 4.96. The molecule has 0 saturated carbocycles. The van der Waals surface area contributed by atoms with E-state index in [1.54, 1.807) is 0 Å². The molecule has 0 fully saturated rings. The number of fused-ring (bicyclic) bond motifs is 2. The Bertz CT molecular complexity index is 1280. The minimum atomic E-state index is -1.06. The van der Waals surface area contributed by atoms with Crippen LogP contribution in [0.3, 0.4) is 0 Å². The Kier molecular flexibility index (Phi) is 4.36. The number of hydrogen-bond acceptors (Lipinski definition) is 4. The van der Waals surface area contributed by atoms with E-state index in [4.69, 9.17) is 22.1 Å². The normalized spacial score (nSPS) is 13.7. The number of nitrogen functional groups attached to an aromatic ring is 1. The van der Waals surface area contributed by atoms with Gasteiger partial charge < -0.3 is 15.0 Å². The summed E-state index contributed by atoms with van der Waals surface area (Å²) < 4.78 is 35.2. The molecule has 0 radical (unpaired) electrons. The molecule has 30 heavy (non-hydrogen) atoms. The molecule has 0 spiro atoms. The Morgan fingerprint density at radius 2 is 1.83 bits per heavy atom. The number of nitrogens with two attached hydrogens (primary N) is 1. The fraction of sp³-hybridized carbons (Fsp3) is 0.182. The van der Waals surface area contributed by atoms with Gasteiger partial charge in [0.15, 0.2) is 11.6 Å². The van der Waals surface area contributed by atoms with Crippen molar-refractivity contribution in [3.63, 3.8) is 0 Å². The molecular formula is C22H17ClF2N4O. The molecule has 0 atom stereocenters. The van der Waals surface area contributed by atoms with Gasteiger partial charge in [-0.3, -0.25) is 0 Å². The number of rotatable bonds is 3. The number of nitrogens with zero attached hydrogens (tertiary/aromatic N) is 3. The summed E-state index contributed by atoms with van der Waals surface area (Å²) in [6.45, 7) is 0. The topological polar surface area (TPSA) is 66.0 Å². The van der Waals surface area contributed by atoms with Crippen molar-refractivity contribution in [1.29, 1.82) is 0 Å². The second-order valence-electron chi connectivity index (χ2n) is 7.30. The van der Waals surface area contributed by atoms with E-state index in [2.05, 4.69) is 22.1 Å². The van der Waals surface area contributed by atoms with Gasteiger partial charge in [0.2, 0.25) is 5.82 Å². The van der Waals surface area contributed by atoms with Gasteiger partial charge in [0.05, 0.1) is 12.5 Å². The number of benzene rings is 2. The third-order valence-electron chi connectivity index (χ3n) is 5.65. The van der Waals surface area contributed by atoms with Gasteiger partial charge in [-0.25, -0.2) is 14.4 Å². The Morgan fingerprint density at radius 1 is 1.13 bits per heavy atom. The van der Waals surface area contributed by atoms with Crippen LogP contribution in [0.15, 0.2) is 42.7 Å². The van der Waals surface area contributed by atoms with Gasteiger partial charge in [-0.15, -0.1) is 0 Å². The molecule has 2 aromatic heterocycles. The SMILES string of the molecule is COc1cc(-c2c(Cl)n(C3Cc4ccccc4C3)c3ncnc(N)c23)cc(F)c1F. The second-order valence-corrected chi connectivity index (χ2v) is 7.66. The number of hydrogen-bond donors (Lipinski definition) is 1. The van der Waals surface area contributed by atoms with Crippen molar-refractivity contribution in [3.8, 4) is 16.9 Å². The summed E-state index contributed by atoms with van der Waals surface area (Å²) in [6.07, 6.45) is 2.94. The van der Waals surface area contributed by atoms with Crippen molar-refractivity contribution in [2.75, 3.05) is 12.8 Å². The first-order valence-electron chi connectivity index (χ1n) is 9.39. The van der Waals surface area contributed by atoms with Crippen LogP contribution in [0.2, 0.25) is 5.15 Å². The largest absolute Gasteiger partial charge is 0.494 e. The lowest BCUT2D eigenvalue weighted by atomic mass is 10.1. The lowest BCUT2D eigenvalue weighted by Crippen LogP contribution is -2.10. The molecule has 0 amide bonds. The van der Waals surface area contributed by atoms with Crippen LogP contribution in [0.4, 0.5) is 14.6 Å². The maximum atomic E-state index is 14.3. The van der Waals surface area contributed by atoms with Gasteiger partial charge in [-0.1, -0.05) is 35.9 Å². The van der Waals surface area contributed by atoms with Crippen LogP contribution in [0.1, 0.15) is 17.2 Å². The zero-order chi connectivity index (χ0) is 21.0. The van der Waals surface area contributed by atoms with E-state index in [0.29, 0.717) is 27.3 Å². The van der Waals surface area contributed by atoms with Gasteiger partial charge in [0.1, 0.15) is 22.9 Å². The lowest BCUT2D eigenvalue weighted by Gasteiger charge is -2.15. The first-order chi connectivity index (χ1) is 14.5. The molecule has 1 aliphatic carbocycles. The summed E-state index contributed by atoms with van der Waals surface area (Å²) in [5, 5.41) is 0.856. The average Bonchev–Trinajstić information content (AvgIpc) is 3.28. The van der Waals surface area contributed by atoms with Crippen LogP contribution in [0.5, 0.6) is 5.75 Å². The zero-order valence-corrected chi connectivity index (χ0v) is 16.8. The maximum Gasteiger partial charge on any atom is 0.200 e. The molecule has 152 valence electrons. The van der Waals surface area contributed by atoms with Crippen LogP contribution in [0, 0.1) is 11.6 Å². The maximum absolute atomic E-state index is 14.3. The third-order valence-corrected chi connectivity index (χ3v) is 6.02. The second kappa shape index (κ2) is 6.95. The van der Waals surface area contributed by atoms with Crippen molar-refractivity contribution in [2.24, 2.45) is 0 Å². The molecule has 2 N–H and O–H groups in total. The molecule has 2 aromatic carbocycles. The number of halogens is 3. The number of anilines is 1.